The van der Waals surface area contributed by atoms with Crippen LogP contribution in [0.25, 0.3) is 0 Å². The molecule has 23 heavy (non-hydrogen) atoms. The van der Waals surface area contributed by atoms with Gasteiger partial charge in [-0.2, -0.15) is 0 Å². The van der Waals surface area contributed by atoms with Gasteiger partial charge in [0.05, 0.1) is 35.6 Å². The summed E-state index contributed by atoms with van der Waals surface area (Å²) in [5, 5.41) is 10.9. The number of fused-ring (bicyclic) bond motifs is 5. The minimum Gasteiger partial charge on any atom is -0.494 e. The first-order valence-corrected chi connectivity index (χ1v) is 7.41. The molecule has 1 saturated heterocycles. The van der Waals surface area contributed by atoms with Gasteiger partial charge in [-0.25, -0.2) is 4.90 Å². The SMILES string of the molecule is COc1cc([N+](=O)[O-])ccc1N1C(=O)[C@@H]2[C@H](C1=O)[C@@H]1C=C[C@H]2C1. The molecule has 118 valence electrons. The van der Waals surface area contributed by atoms with E-state index in [0.29, 0.717) is 0 Å². The Morgan fingerprint density at radius 1 is 1.17 bits per heavy atom. The second kappa shape index (κ2) is 4.65. The number of rotatable bonds is 3. The molecule has 2 bridgehead atoms. The Balaban J connectivity index is 1.76. The van der Waals surface area contributed by atoms with Crippen LogP contribution in [0.3, 0.4) is 0 Å². The van der Waals surface area contributed by atoms with Crippen LogP contribution in [-0.4, -0.2) is 23.8 Å². The molecule has 0 aromatic heterocycles. The standard InChI is InChI=1S/C16H14N2O5/c1-23-12-7-10(18(21)22)4-5-11(12)17-15(19)13-8-2-3-9(6-8)14(13)16(17)20/h2-5,7-9,13-14H,6H2,1H3/t8-,9+,13-,14+. The highest BCUT2D eigenvalue weighted by Gasteiger charge is 2.59. The highest BCUT2D eigenvalue weighted by atomic mass is 16.6. The summed E-state index contributed by atoms with van der Waals surface area (Å²) in [7, 11) is 1.36. The average Bonchev–Trinajstić information content (AvgIpc) is 3.21. The van der Waals surface area contributed by atoms with Crippen LogP contribution < -0.4 is 9.64 Å². The third-order valence-corrected chi connectivity index (χ3v) is 5.09. The largest absolute Gasteiger partial charge is 0.494 e. The number of anilines is 1. The van der Waals surface area contributed by atoms with Crippen molar-refractivity contribution in [3.63, 3.8) is 0 Å². The van der Waals surface area contributed by atoms with Crippen molar-refractivity contribution in [2.24, 2.45) is 23.7 Å². The average molecular weight is 314 g/mol. The molecule has 3 aliphatic rings. The van der Waals surface area contributed by atoms with Gasteiger partial charge in [0.2, 0.25) is 11.8 Å². The summed E-state index contributed by atoms with van der Waals surface area (Å²) in [5.41, 5.74) is 0.133. The summed E-state index contributed by atoms with van der Waals surface area (Å²) in [5.74, 6) is -0.685. The third kappa shape index (κ3) is 1.76. The number of carbonyl (C=O) groups excluding carboxylic acids is 2. The molecule has 2 amide bonds. The van der Waals surface area contributed by atoms with Crippen LogP contribution in [0.2, 0.25) is 0 Å². The number of non-ortho nitro benzene ring substituents is 1. The molecule has 0 unspecified atom stereocenters. The van der Waals surface area contributed by atoms with E-state index in [4.69, 9.17) is 4.74 Å². The normalized spacial score (nSPS) is 30.9. The van der Waals surface area contributed by atoms with E-state index in [0.717, 1.165) is 11.3 Å². The minimum atomic E-state index is -0.543. The van der Waals surface area contributed by atoms with E-state index in [1.165, 1.54) is 25.3 Å². The van der Waals surface area contributed by atoms with Gasteiger partial charge in [0.25, 0.3) is 5.69 Å². The van der Waals surface area contributed by atoms with E-state index in [-0.39, 0.29) is 52.6 Å². The molecule has 0 radical (unpaired) electrons. The van der Waals surface area contributed by atoms with E-state index >= 15 is 0 Å². The fourth-order valence-electron chi connectivity index (χ4n) is 4.10. The van der Waals surface area contributed by atoms with Gasteiger partial charge in [0.1, 0.15) is 5.75 Å². The number of allylic oxidation sites excluding steroid dienone is 2. The molecule has 2 fully saturated rings. The zero-order valence-electron chi connectivity index (χ0n) is 12.3. The van der Waals surface area contributed by atoms with Gasteiger partial charge >= 0.3 is 0 Å². The monoisotopic (exact) mass is 314 g/mol. The van der Waals surface area contributed by atoms with E-state index in [9.17, 15) is 19.7 Å². The number of ether oxygens (including phenoxy) is 1. The van der Waals surface area contributed by atoms with Crippen molar-refractivity contribution in [1.29, 1.82) is 0 Å². The van der Waals surface area contributed by atoms with Gasteiger partial charge < -0.3 is 4.74 Å². The number of imide groups is 1. The number of amides is 2. The molecule has 2 aliphatic carbocycles. The van der Waals surface area contributed by atoms with Crippen molar-refractivity contribution in [2.45, 2.75) is 6.42 Å². The number of hydrogen-bond donors (Lipinski definition) is 0. The lowest BCUT2D eigenvalue weighted by Gasteiger charge is -2.19. The van der Waals surface area contributed by atoms with Crippen LogP contribution in [-0.2, 0) is 9.59 Å². The zero-order chi connectivity index (χ0) is 16.3. The van der Waals surface area contributed by atoms with E-state index in [2.05, 4.69) is 0 Å². The van der Waals surface area contributed by atoms with Gasteiger partial charge in [0.15, 0.2) is 0 Å². The Bertz CT molecular complexity index is 742. The number of nitrogens with zero attached hydrogens (tertiary/aromatic N) is 2. The van der Waals surface area contributed by atoms with E-state index < -0.39 is 4.92 Å². The van der Waals surface area contributed by atoms with Gasteiger partial charge in [-0.15, -0.1) is 0 Å². The second-order valence-electron chi connectivity index (χ2n) is 6.13. The quantitative estimate of drug-likeness (QED) is 0.368. The van der Waals surface area contributed by atoms with Crippen LogP contribution >= 0.6 is 0 Å². The third-order valence-electron chi connectivity index (χ3n) is 5.09. The van der Waals surface area contributed by atoms with Crippen LogP contribution in [0.5, 0.6) is 5.75 Å². The predicted molar refractivity (Wildman–Crippen MR) is 79.9 cm³/mol. The zero-order valence-corrected chi connectivity index (χ0v) is 12.3. The first-order valence-electron chi connectivity index (χ1n) is 7.41. The van der Waals surface area contributed by atoms with Crippen molar-refractivity contribution in [2.75, 3.05) is 12.0 Å². The van der Waals surface area contributed by atoms with Crippen LogP contribution in [0.4, 0.5) is 11.4 Å². The molecule has 1 heterocycles. The van der Waals surface area contributed by atoms with Crippen LogP contribution in [0.15, 0.2) is 30.4 Å². The fraction of sp³-hybridized carbons (Fsp3) is 0.375. The molecular formula is C16H14N2O5. The second-order valence-corrected chi connectivity index (χ2v) is 6.13. The molecule has 4 rings (SSSR count). The molecule has 1 aromatic carbocycles. The first-order chi connectivity index (χ1) is 11.0. The topological polar surface area (TPSA) is 89.8 Å². The van der Waals surface area contributed by atoms with Crippen molar-refractivity contribution >= 4 is 23.2 Å². The van der Waals surface area contributed by atoms with Gasteiger partial charge in [-0.05, 0) is 24.3 Å². The Morgan fingerprint density at radius 2 is 1.78 bits per heavy atom. The summed E-state index contributed by atoms with van der Waals surface area (Å²) in [4.78, 5) is 37.0. The molecule has 1 aliphatic heterocycles. The Morgan fingerprint density at radius 3 is 2.30 bits per heavy atom. The van der Waals surface area contributed by atoms with Gasteiger partial charge in [0, 0.05) is 6.07 Å². The van der Waals surface area contributed by atoms with Crippen LogP contribution in [0, 0.1) is 33.8 Å². The summed E-state index contributed by atoms with van der Waals surface area (Å²) in [6, 6.07) is 3.92. The van der Waals surface area contributed by atoms with E-state index in [1.807, 2.05) is 12.2 Å². The summed E-state index contributed by atoms with van der Waals surface area (Å²) >= 11 is 0. The Hall–Kier alpha value is -2.70. The lowest BCUT2D eigenvalue weighted by atomic mass is 9.85. The number of nitro groups is 1. The molecular weight excluding hydrogens is 300 g/mol. The highest BCUT2D eigenvalue weighted by molar-refractivity contribution is 6.23. The smallest absolute Gasteiger partial charge is 0.273 e. The van der Waals surface area contributed by atoms with Gasteiger partial charge in [-0.3, -0.25) is 19.7 Å². The Labute approximate surface area is 131 Å². The minimum absolute atomic E-state index is 0.121. The molecule has 1 aromatic rings. The lowest BCUT2D eigenvalue weighted by molar-refractivity contribution is -0.384. The van der Waals surface area contributed by atoms with Gasteiger partial charge in [-0.1, -0.05) is 12.2 Å². The number of methoxy groups -OCH3 is 1. The summed E-state index contributed by atoms with van der Waals surface area (Å²) in [6.07, 6.45) is 4.90. The summed E-state index contributed by atoms with van der Waals surface area (Å²) in [6.45, 7) is 0. The molecule has 1 saturated carbocycles. The maximum absolute atomic E-state index is 12.8. The molecule has 7 nitrogen and oxygen atoms in total. The predicted octanol–water partition coefficient (Wildman–Crippen LogP) is 1.91. The number of nitro benzene ring substituents is 1. The van der Waals surface area contributed by atoms with Crippen molar-refractivity contribution in [3.05, 3.63) is 40.5 Å². The molecule has 4 atom stereocenters. The molecule has 0 spiro atoms. The number of benzene rings is 1. The fourth-order valence-corrected chi connectivity index (χ4v) is 4.10. The van der Waals surface area contributed by atoms with E-state index in [1.54, 1.807) is 0 Å². The molecule has 7 heteroatoms. The number of carbonyl (C=O) groups is 2. The summed E-state index contributed by atoms with van der Waals surface area (Å²) < 4.78 is 5.17. The first kappa shape index (κ1) is 13.9. The highest BCUT2D eigenvalue weighted by Crippen LogP contribution is 2.54. The number of hydrogen-bond acceptors (Lipinski definition) is 5. The maximum atomic E-state index is 12.8. The van der Waals surface area contributed by atoms with Crippen molar-refractivity contribution in [3.8, 4) is 5.75 Å². The maximum Gasteiger partial charge on any atom is 0.273 e. The van der Waals surface area contributed by atoms with Crippen molar-refractivity contribution < 1.29 is 19.2 Å². The van der Waals surface area contributed by atoms with Crippen LogP contribution in [0.1, 0.15) is 6.42 Å². The van der Waals surface area contributed by atoms with Crippen molar-refractivity contribution in [1.82, 2.24) is 0 Å². The lowest BCUT2D eigenvalue weighted by Crippen LogP contribution is -2.33. The molecule has 0 N–H and O–H groups in total. The Kier molecular flexibility index (Phi) is 2.81.